The van der Waals surface area contributed by atoms with Crippen molar-refractivity contribution >= 4 is 29.4 Å². The van der Waals surface area contributed by atoms with Crippen LogP contribution >= 0.6 is 11.6 Å². The number of methoxy groups -OCH3 is 1. The van der Waals surface area contributed by atoms with Crippen molar-refractivity contribution in [1.82, 2.24) is 0 Å². The third-order valence-electron chi connectivity index (χ3n) is 14.5. The van der Waals surface area contributed by atoms with Gasteiger partial charge in [0.1, 0.15) is 0 Å². The van der Waals surface area contributed by atoms with E-state index in [1.807, 2.05) is 24.3 Å². The van der Waals surface area contributed by atoms with Gasteiger partial charge in [-0.15, -0.1) is 0 Å². The molecule has 3 nitrogen and oxygen atoms in total. The van der Waals surface area contributed by atoms with Crippen LogP contribution in [0.4, 0.5) is 0 Å². The quantitative estimate of drug-likeness (QED) is 0.200. The molecule has 0 bridgehead atoms. The van der Waals surface area contributed by atoms with E-state index in [1.54, 1.807) is 7.11 Å². The molecule has 0 aliphatic heterocycles. The molecule has 0 unspecified atom stereocenters. The Morgan fingerprint density at radius 2 is 1.62 bits per heavy atom. The maximum absolute atomic E-state index is 14.1. The number of ether oxygens (including phenoxy) is 1. The summed E-state index contributed by atoms with van der Waals surface area (Å²) in [5, 5.41) is 0.715. The highest BCUT2D eigenvalue weighted by atomic mass is 35.5. The Labute approximate surface area is 258 Å². The van der Waals surface area contributed by atoms with Gasteiger partial charge in [-0.25, -0.2) is 0 Å². The summed E-state index contributed by atoms with van der Waals surface area (Å²) in [4.78, 5) is 27.6. The van der Waals surface area contributed by atoms with Crippen LogP contribution in [0.15, 0.2) is 42.0 Å². The van der Waals surface area contributed by atoms with Crippen LogP contribution in [0.5, 0.6) is 0 Å². The second-order valence-electron chi connectivity index (χ2n) is 16.3. The lowest BCUT2D eigenvalue weighted by molar-refractivity contribution is -0.232. The topological polar surface area (TPSA) is 43.4 Å². The lowest BCUT2D eigenvalue weighted by Crippen LogP contribution is -2.67. The Morgan fingerprint density at radius 1 is 0.929 bits per heavy atom. The molecule has 9 atom stereocenters. The number of carbonyl (C=O) groups excluding carboxylic acids is 2. The molecule has 1 aromatic carbocycles. The number of ketones is 1. The number of rotatable bonds is 3. The van der Waals surface area contributed by atoms with Gasteiger partial charge in [0.15, 0.2) is 5.78 Å². The maximum Gasteiger partial charge on any atom is 0.312 e. The summed E-state index contributed by atoms with van der Waals surface area (Å²) in [5.74, 6) is 2.42. The lowest BCUT2D eigenvalue weighted by Gasteiger charge is -2.72. The van der Waals surface area contributed by atoms with Crippen molar-refractivity contribution < 1.29 is 14.3 Å². The Hall–Kier alpha value is -1.87. The van der Waals surface area contributed by atoms with Crippen molar-refractivity contribution in [3.63, 3.8) is 0 Å². The SMILES string of the molecule is C=C(C)[C@@H]1CC[C@@]2(C(=O)OC)CC[C@]3(C)[C@H](CC[C@H]4[C@@]5(C)C/C(=C/c6ccc(Cl)cc6)C(=O)C(C)(C)[C@H]5CC[C@@]43C)[C@@H]12. The Balaban J connectivity index is 1.41. The first-order chi connectivity index (χ1) is 19.7. The van der Waals surface area contributed by atoms with Crippen LogP contribution in [-0.2, 0) is 14.3 Å². The van der Waals surface area contributed by atoms with Gasteiger partial charge in [0.05, 0.1) is 12.5 Å². The summed E-state index contributed by atoms with van der Waals surface area (Å²) in [6.45, 7) is 18.8. The van der Waals surface area contributed by atoms with Crippen molar-refractivity contribution in [3.05, 3.63) is 52.6 Å². The average molecular weight is 591 g/mol. The van der Waals surface area contributed by atoms with E-state index in [9.17, 15) is 9.59 Å². The molecule has 0 aromatic heterocycles. The van der Waals surface area contributed by atoms with Crippen molar-refractivity contribution in [2.75, 3.05) is 7.11 Å². The Bertz CT molecular complexity index is 1340. The first-order valence-corrected chi connectivity index (χ1v) is 16.8. The summed E-state index contributed by atoms with van der Waals surface area (Å²) in [5.41, 5.74) is 2.83. The highest BCUT2D eigenvalue weighted by Gasteiger charge is 2.72. The number of fused-ring (bicyclic) bond motifs is 7. The minimum atomic E-state index is -0.395. The second kappa shape index (κ2) is 9.82. The minimum absolute atomic E-state index is 0.0192. The number of hydrogen-bond donors (Lipinski definition) is 0. The summed E-state index contributed by atoms with van der Waals surface area (Å²) in [7, 11) is 1.58. The van der Waals surface area contributed by atoms with Crippen molar-refractivity contribution in [2.24, 2.45) is 56.7 Å². The number of halogens is 1. The molecule has 0 spiro atoms. The molecule has 0 N–H and O–H groups in total. The third-order valence-corrected chi connectivity index (χ3v) is 14.7. The van der Waals surface area contributed by atoms with Crippen LogP contribution in [0.1, 0.15) is 105 Å². The molecule has 0 heterocycles. The van der Waals surface area contributed by atoms with E-state index in [0.29, 0.717) is 40.4 Å². The number of hydrogen-bond acceptors (Lipinski definition) is 3. The van der Waals surface area contributed by atoms with Crippen LogP contribution in [-0.4, -0.2) is 18.9 Å². The zero-order valence-electron chi connectivity index (χ0n) is 26.9. The van der Waals surface area contributed by atoms with E-state index in [1.165, 1.54) is 12.0 Å². The van der Waals surface area contributed by atoms with Crippen LogP contribution in [0, 0.1) is 56.7 Å². The Kier molecular flexibility index (Phi) is 7.05. The number of carbonyl (C=O) groups is 2. The zero-order valence-corrected chi connectivity index (χ0v) is 27.7. The molecule has 6 rings (SSSR count). The van der Waals surface area contributed by atoms with Crippen molar-refractivity contribution in [1.29, 1.82) is 0 Å². The molecule has 228 valence electrons. The Morgan fingerprint density at radius 3 is 2.26 bits per heavy atom. The van der Waals surface area contributed by atoms with Gasteiger partial charge in [-0.2, -0.15) is 0 Å². The van der Waals surface area contributed by atoms with Crippen molar-refractivity contribution in [3.8, 4) is 0 Å². The van der Waals surface area contributed by atoms with Crippen LogP contribution in [0.3, 0.4) is 0 Å². The molecular formula is C38H51ClO3. The summed E-state index contributed by atoms with van der Waals surface area (Å²) < 4.78 is 5.54. The van der Waals surface area contributed by atoms with Gasteiger partial charge >= 0.3 is 5.97 Å². The highest BCUT2D eigenvalue weighted by molar-refractivity contribution is 6.30. The summed E-state index contributed by atoms with van der Waals surface area (Å²) in [6, 6.07) is 7.87. The zero-order chi connectivity index (χ0) is 30.5. The smallest absolute Gasteiger partial charge is 0.312 e. The van der Waals surface area contributed by atoms with Crippen molar-refractivity contribution in [2.45, 2.75) is 99.3 Å². The minimum Gasteiger partial charge on any atom is -0.469 e. The number of esters is 1. The largest absolute Gasteiger partial charge is 0.469 e. The molecule has 1 aromatic rings. The normalized spacial score (nSPS) is 44.9. The molecule has 5 fully saturated rings. The van der Waals surface area contributed by atoms with Crippen LogP contribution in [0.2, 0.25) is 5.02 Å². The average Bonchev–Trinajstić information content (AvgIpc) is 3.34. The van der Waals surface area contributed by atoms with Gasteiger partial charge in [0.2, 0.25) is 0 Å². The fourth-order valence-corrected chi connectivity index (χ4v) is 12.6. The second-order valence-corrected chi connectivity index (χ2v) is 16.7. The van der Waals surface area contributed by atoms with E-state index < -0.39 is 5.41 Å². The van der Waals surface area contributed by atoms with E-state index in [4.69, 9.17) is 16.3 Å². The van der Waals surface area contributed by atoms with Gasteiger partial charge in [0.25, 0.3) is 0 Å². The fraction of sp³-hybridized carbons (Fsp3) is 0.684. The van der Waals surface area contributed by atoms with E-state index in [0.717, 1.165) is 62.5 Å². The van der Waals surface area contributed by atoms with Gasteiger partial charge < -0.3 is 4.74 Å². The lowest BCUT2D eigenvalue weighted by atomic mass is 9.32. The van der Waals surface area contributed by atoms with E-state index >= 15 is 0 Å². The maximum atomic E-state index is 14.1. The molecule has 4 heteroatoms. The number of Topliss-reactive ketones (excluding diaryl/α,β-unsaturated/α-hetero) is 1. The fourth-order valence-electron chi connectivity index (χ4n) is 12.4. The van der Waals surface area contributed by atoms with Gasteiger partial charge in [0, 0.05) is 10.4 Å². The predicted molar refractivity (Wildman–Crippen MR) is 171 cm³/mol. The molecule has 5 saturated carbocycles. The molecule has 0 radical (unpaired) electrons. The summed E-state index contributed by atoms with van der Waals surface area (Å²) >= 11 is 6.18. The molecule has 0 amide bonds. The van der Waals surface area contributed by atoms with Gasteiger partial charge in [-0.1, -0.05) is 70.5 Å². The molecular weight excluding hydrogens is 540 g/mol. The summed E-state index contributed by atoms with van der Waals surface area (Å²) in [6.07, 6.45) is 11.5. The van der Waals surface area contributed by atoms with Gasteiger partial charge in [-0.3, -0.25) is 9.59 Å². The van der Waals surface area contributed by atoms with Crippen LogP contribution in [0.25, 0.3) is 6.08 Å². The van der Waals surface area contributed by atoms with Crippen LogP contribution < -0.4 is 0 Å². The standard InChI is InChI=1S/C38H51ClO3/c1-23(2)27-15-18-38(33(41)42-8)20-19-36(6)28(31(27)38)13-14-30-35(5)22-25(21-24-9-11-26(39)12-10-24)32(40)34(3,4)29(35)16-17-37(30,36)7/h9-12,21,27-31H,1,13-20,22H2,2-8H3/b25-21-/t27-,28+,29+,30-,31+,35-,36+,37-,38+/m0/s1. The predicted octanol–water partition coefficient (Wildman–Crippen LogP) is 9.73. The van der Waals surface area contributed by atoms with E-state index in [-0.39, 0.29) is 27.6 Å². The number of benzene rings is 1. The molecule has 5 aliphatic rings. The molecule has 0 saturated heterocycles. The number of allylic oxidation sites excluding steroid dienone is 2. The van der Waals surface area contributed by atoms with E-state index in [2.05, 4.69) is 54.2 Å². The first-order valence-electron chi connectivity index (χ1n) is 16.4. The monoisotopic (exact) mass is 590 g/mol. The highest BCUT2D eigenvalue weighted by Crippen LogP contribution is 2.77. The van der Waals surface area contributed by atoms with Gasteiger partial charge in [-0.05, 0) is 140 Å². The first kappa shape index (κ1) is 30.2. The third kappa shape index (κ3) is 3.90. The molecule has 5 aliphatic carbocycles. The molecule has 42 heavy (non-hydrogen) atoms.